The van der Waals surface area contributed by atoms with Crippen molar-refractivity contribution in [1.29, 1.82) is 0 Å². The molecule has 1 aliphatic heterocycles. The molecule has 2 heterocycles. The number of carbonyl (C=O) groups excluding carboxylic acids is 1. The Kier molecular flexibility index (Phi) is 5.78. The minimum absolute atomic E-state index is 0.0345. The highest BCUT2D eigenvalue weighted by atomic mass is 16.5. The van der Waals surface area contributed by atoms with E-state index in [0.717, 1.165) is 31.7 Å². The summed E-state index contributed by atoms with van der Waals surface area (Å²) in [6, 6.07) is 7.56. The zero-order valence-corrected chi connectivity index (χ0v) is 14.8. The maximum absolute atomic E-state index is 13.1. The molecule has 0 unspecified atom stereocenters. The van der Waals surface area contributed by atoms with Crippen LogP contribution in [0.25, 0.3) is 5.69 Å². The number of hydrogen-bond donors (Lipinski definition) is 0. The average Bonchev–Trinajstić information content (AvgIpc) is 3.31. The second-order valence-electron chi connectivity index (χ2n) is 6.61. The van der Waals surface area contributed by atoms with Gasteiger partial charge in [0.1, 0.15) is 12.7 Å². The highest BCUT2D eigenvalue weighted by molar-refractivity contribution is 5.94. The Balaban J connectivity index is 1.77. The number of benzene rings is 1. The van der Waals surface area contributed by atoms with Crippen LogP contribution in [0.1, 0.15) is 23.2 Å². The fraction of sp³-hybridized carbons (Fsp3) is 0.500. The van der Waals surface area contributed by atoms with Crippen molar-refractivity contribution in [3.05, 3.63) is 42.5 Å². The molecule has 1 amide bonds. The number of hydrogen-bond acceptors (Lipinski definition) is 5. The summed E-state index contributed by atoms with van der Waals surface area (Å²) in [7, 11) is 4.03. The molecule has 25 heavy (non-hydrogen) atoms. The molecule has 0 radical (unpaired) electrons. The second-order valence-corrected chi connectivity index (χ2v) is 6.61. The van der Waals surface area contributed by atoms with Crippen LogP contribution in [-0.2, 0) is 4.74 Å². The summed E-state index contributed by atoms with van der Waals surface area (Å²) in [4.78, 5) is 17.1. The van der Waals surface area contributed by atoms with Crippen molar-refractivity contribution in [2.24, 2.45) is 0 Å². The van der Waals surface area contributed by atoms with E-state index >= 15 is 0 Å². The number of aromatic nitrogens is 3. The van der Waals surface area contributed by atoms with Gasteiger partial charge < -0.3 is 14.5 Å². The number of likely N-dealkylation sites (N-methyl/N-ethyl adjacent to an activating group) is 1. The van der Waals surface area contributed by atoms with Gasteiger partial charge in [0.15, 0.2) is 0 Å². The third kappa shape index (κ3) is 4.64. The van der Waals surface area contributed by atoms with Gasteiger partial charge in [0.25, 0.3) is 5.91 Å². The summed E-state index contributed by atoms with van der Waals surface area (Å²) in [5, 5.41) is 7.64. The SMILES string of the molecule is CN(C)CCN(C[C@H]1CCCO1)C(=O)c1cccc(-n2cnnc2)c1. The lowest BCUT2D eigenvalue weighted by molar-refractivity contribution is 0.0512. The lowest BCUT2D eigenvalue weighted by Gasteiger charge is -2.27. The summed E-state index contributed by atoms with van der Waals surface area (Å²) in [5.41, 5.74) is 1.54. The Morgan fingerprint density at radius 3 is 2.76 bits per heavy atom. The molecule has 0 saturated carbocycles. The number of rotatable bonds is 7. The summed E-state index contributed by atoms with van der Waals surface area (Å²) >= 11 is 0. The van der Waals surface area contributed by atoms with Crippen molar-refractivity contribution in [3.63, 3.8) is 0 Å². The minimum atomic E-state index is 0.0345. The number of carbonyl (C=O) groups is 1. The lowest BCUT2D eigenvalue weighted by Crippen LogP contribution is -2.41. The van der Waals surface area contributed by atoms with Crippen LogP contribution in [0, 0.1) is 0 Å². The summed E-state index contributed by atoms with van der Waals surface area (Å²) in [6.45, 7) is 2.94. The van der Waals surface area contributed by atoms with Crippen molar-refractivity contribution < 1.29 is 9.53 Å². The molecule has 2 aromatic rings. The first-order chi connectivity index (χ1) is 12.1. The molecule has 1 aromatic carbocycles. The third-order valence-electron chi connectivity index (χ3n) is 4.36. The first kappa shape index (κ1) is 17.6. The van der Waals surface area contributed by atoms with Gasteiger partial charge in [-0.15, -0.1) is 10.2 Å². The Labute approximate surface area is 148 Å². The van der Waals surface area contributed by atoms with E-state index in [2.05, 4.69) is 15.1 Å². The fourth-order valence-corrected chi connectivity index (χ4v) is 2.95. The van der Waals surface area contributed by atoms with Gasteiger partial charge in [-0.05, 0) is 45.1 Å². The van der Waals surface area contributed by atoms with E-state index in [1.165, 1.54) is 0 Å². The number of nitrogens with zero attached hydrogens (tertiary/aromatic N) is 5. The third-order valence-corrected chi connectivity index (χ3v) is 4.36. The molecule has 134 valence electrons. The quantitative estimate of drug-likeness (QED) is 0.761. The topological polar surface area (TPSA) is 63.5 Å². The summed E-state index contributed by atoms with van der Waals surface area (Å²) in [6.07, 6.45) is 5.49. The molecule has 3 rings (SSSR count). The van der Waals surface area contributed by atoms with Gasteiger partial charge in [-0.2, -0.15) is 0 Å². The second kappa shape index (κ2) is 8.22. The number of amides is 1. The Bertz CT molecular complexity index is 681. The highest BCUT2D eigenvalue weighted by Crippen LogP contribution is 2.16. The van der Waals surface area contributed by atoms with Crippen LogP contribution in [0.15, 0.2) is 36.9 Å². The van der Waals surface area contributed by atoms with Crippen LogP contribution in [0.3, 0.4) is 0 Å². The van der Waals surface area contributed by atoms with E-state index in [4.69, 9.17) is 4.74 Å². The first-order valence-corrected chi connectivity index (χ1v) is 8.64. The molecule has 0 spiro atoms. The molecular formula is C18H25N5O2. The maximum atomic E-state index is 13.1. The zero-order chi connectivity index (χ0) is 17.6. The molecular weight excluding hydrogens is 318 g/mol. The summed E-state index contributed by atoms with van der Waals surface area (Å²) in [5.74, 6) is 0.0345. The van der Waals surface area contributed by atoms with Gasteiger partial charge >= 0.3 is 0 Å². The molecule has 7 heteroatoms. The van der Waals surface area contributed by atoms with Gasteiger partial charge in [-0.3, -0.25) is 9.36 Å². The van der Waals surface area contributed by atoms with Crippen LogP contribution in [0.2, 0.25) is 0 Å². The largest absolute Gasteiger partial charge is 0.376 e. The van der Waals surface area contributed by atoms with Gasteiger partial charge in [0.2, 0.25) is 0 Å². The molecule has 0 N–H and O–H groups in total. The molecule has 7 nitrogen and oxygen atoms in total. The first-order valence-electron chi connectivity index (χ1n) is 8.64. The lowest BCUT2D eigenvalue weighted by atomic mass is 10.1. The van der Waals surface area contributed by atoms with E-state index in [-0.39, 0.29) is 12.0 Å². The Hall–Kier alpha value is -2.25. The van der Waals surface area contributed by atoms with Crippen LogP contribution in [0.5, 0.6) is 0 Å². The van der Waals surface area contributed by atoms with Gasteiger partial charge in [0.05, 0.1) is 6.10 Å². The van der Waals surface area contributed by atoms with Crippen LogP contribution in [-0.4, -0.2) is 76.9 Å². The molecule has 0 bridgehead atoms. The monoisotopic (exact) mass is 343 g/mol. The molecule has 1 saturated heterocycles. The van der Waals surface area contributed by atoms with E-state index in [0.29, 0.717) is 18.7 Å². The molecule has 1 atom stereocenters. The van der Waals surface area contributed by atoms with Gasteiger partial charge in [0, 0.05) is 37.5 Å². The fourth-order valence-electron chi connectivity index (χ4n) is 2.95. The zero-order valence-electron chi connectivity index (χ0n) is 14.8. The maximum Gasteiger partial charge on any atom is 0.254 e. The highest BCUT2D eigenvalue weighted by Gasteiger charge is 2.23. The summed E-state index contributed by atoms with van der Waals surface area (Å²) < 4.78 is 7.52. The van der Waals surface area contributed by atoms with Crippen LogP contribution >= 0.6 is 0 Å². The molecule has 1 aromatic heterocycles. The average molecular weight is 343 g/mol. The smallest absolute Gasteiger partial charge is 0.254 e. The predicted molar refractivity (Wildman–Crippen MR) is 94.8 cm³/mol. The van der Waals surface area contributed by atoms with Crippen molar-refractivity contribution >= 4 is 5.91 Å². The predicted octanol–water partition coefficient (Wildman–Crippen LogP) is 1.45. The molecule has 1 fully saturated rings. The van der Waals surface area contributed by atoms with E-state index in [1.807, 2.05) is 43.3 Å². The van der Waals surface area contributed by atoms with Crippen molar-refractivity contribution in [1.82, 2.24) is 24.6 Å². The van der Waals surface area contributed by atoms with E-state index in [1.54, 1.807) is 17.2 Å². The molecule has 1 aliphatic rings. The van der Waals surface area contributed by atoms with E-state index in [9.17, 15) is 4.79 Å². The van der Waals surface area contributed by atoms with Crippen LogP contribution in [0.4, 0.5) is 0 Å². The standard InChI is InChI=1S/C18H25N5O2/c1-21(2)8-9-22(12-17-7-4-10-25-17)18(24)15-5-3-6-16(11-15)23-13-19-20-14-23/h3,5-6,11,13-14,17H,4,7-10,12H2,1-2H3/t17-/m1/s1. The Morgan fingerprint density at radius 2 is 2.08 bits per heavy atom. The van der Waals surface area contributed by atoms with Crippen molar-refractivity contribution in [3.8, 4) is 5.69 Å². The number of ether oxygens (including phenoxy) is 1. The van der Waals surface area contributed by atoms with Crippen LogP contribution < -0.4 is 0 Å². The molecule has 0 aliphatic carbocycles. The van der Waals surface area contributed by atoms with Gasteiger partial charge in [-0.25, -0.2) is 0 Å². The van der Waals surface area contributed by atoms with Crippen molar-refractivity contribution in [2.45, 2.75) is 18.9 Å². The van der Waals surface area contributed by atoms with Gasteiger partial charge in [-0.1, -0.05) is 6.07 Å². The van der Waals surface area contributed by atoms with Crippen molar-refractivity contribution in [2.75, 3.05) is 40.3 Å². The van der Waals surface area contributed by atoms with E-state index < -0.39 is 0 Å². The Morgan fingerprint density at radius 1 is 1.28 bits per heavy atom. The minimum Gasteiger partial charge on any atom is -0.376 e. The normalized spacial score (nSPS) is 17.2.